The maximum absolute atomic E-state index is 15.0. The SMILES string of the molecule is CC[S+]([O-])N[C@@H]1C[C@@H](C(=O)N[C@H](c2c(F)ccc(Cl)c2F)C23CCC(F)(CC2)C3)C[C@@H]1O. The van der Waals surface area contributed by atoms with Crippen LogP contribution in [0.15, 0.2) is 12.1 Å². The van der Waals surface area contributed by atoms with Crippen molar-refractivity contribution >= 4 is 28.9 Å². The number of aliphatic hydroxyl groups excluding tert-OH is 1. The third-order valence-corrected chi connectivity index (χ3v) is 8.90. The smallest absolute Gasteiger partial charge is 0.223 e. The lowest BCUT2D eigenvalue weighted by molar-refractivity contribution is -0.127. The molecule has 1 unspecified atom stereocenters. The largest absolute Gasteiger partial charge is 0.598 e. The first-order valence-corrected chi connectivity index (χ1v) is 12.7. The van der Waals surface area contributed by atoms with E-state index < -0.39 is 64.1 Å². The summed E-state index contributed by atoms with van der Waals surface area (Å²) >= 11 is 4.61. The molecule has 0 aliphatic heterocycles. The molecule has 1 aromatic carbocycles. The summed E-state index contributed by atoms with van der Waals surface area (Å²) < 4.78 is 59.5. The predicted molar refractivity (Wildman–Crippen MR) is 116 cm³/mol. The Hall–Kier alpha value is -1.00. The number of carbonyl (C=O) groups excluding carboxylic acids is 1. The summed E-state index contributed by atoms with van der Waals surface area (Å²) in [6, 6.07) is 0.594. The fourth-order valence-corrected chi connectivity index (χ4v) is 6.70. The minimum Gasteiger partial charge on any atom is -0.598 e. The van der Waals surface area contributed by atoms with E-state index in [2.05, 4.69) is 10.0 Å². The number of alkyl halides is 1. The second-order valence-corrected chi connectivity index (χ2v) is 11.4. The number of halogens is 4. The van der Waals surface area contributed by atoms with E-state index in [0.29, 0.717) is 31.4 Å². The summed E-state index contributed by atoms with van der Waals surface area (Å²) in [6.07, 6.45) is 1.04. The first-order chi connectivity index (χ1) is 15.1. The lowest BCUT2D eigenvalue weighted by Crippen LogP contribution is -2.43. The predicted octanol–water partition coefficient (Wildman–Crippen LogP) is 3.86. The fourth-order valence-electron chi connectivity index (χ4n) is 5.78. The standard InChI is InChI=1S/C22H28ClF3N2O3S/c1-2-32(31)28-15-9-12(10-16(15)29)20(30)27-19(17-14(24)4-3-13(23)18(17)25)21-5-7-22(26,11-21)8-6-21/h3-4,12,15-16,19,28-29H,2,5-11H2,1H3,(H,27,30)/t12-,15-,16+,19-,21?,22?,32?/m1/s1. The minimum atomic E-state index is -1.38. The van der Waals surface area contributed by atoms with Crippen LogP contribution in [0.1, 0.15) is 63.5 Å². The van der Waals surface area contributed by atoms with E-state index in [1.165, 1.54) is 0 Å². The van der Waals surface area contributed by atoms with Crippen LogP contribution in [0.2, 0.25) is 5.02 Å². The normalized spacial score (nSPS) is 35.8. The van der Waals surface area contributed by atoms with Crippen molar-refractivity contribution in [3.05, 3.63) is 34.4 Å². The number of benzene rings is 1. The van der Waals surface area contributed by atoms with E-state index in [1.807, 2.05) is 0 Å². The van der Waals surface area contributed by atoms with Gasteiger partial charge in [0.2, 0.25) is 5.91 Å². The zero-order valence-corrected chi connectivity index (χ0v) is 19.4. The second kappa shape index (κ2) is 8.98. The fraction of sp³-hybridized carbons (Fsp3) is 0.682. The topological polar surface area (TPSA) is 84.4 Å². The van der Waals surface area contributed by atoms with Gasteiger partial charge < -0.3 is 15.0 Å². The van der Waals surface area contributed by atoms with Gasteiger partial charge in [-0.05, 0) is 69.4 Å². The first-order valence-electron chi connectivity index (χ1n) is 11.0. The molecule has 5 nitrogen and oxygen atoms in total. The monoisotopic (exact) mass is 492 g/mol. The second-order valence-electron chi connectivity index (χ2n) is 9.48. The molecule has 3 fully saturated rings. The molecule has 10 heteroatoms. The number of amides is 1. The highest BCUT2D eigenvalue weighted by Crippen LogP contribution is 2.63. The summed E-state index contributed by atoms with van der Waals surface area (Å²) in [7, 11) is 0. The van der Waals surface area contributed by atoms with Crippen molar-refractivity contribution in [1.82, 2.24) is 10.0 Å². The third kappa shape index (κ3) is 4.39. The summed E-state index contributed by atoms with van der Waals surface area (Å²) in [5, 5.41) is 12.9. The Kier molecular flexibility index (Phi) is 6.77. The molecule has 0 saturated heterocycles. The van der Waals surface area contributed by atoms with Crippen LogP contribution in [-0.4, -0.2) is 39.1 Å². The molecular formula is C22H28ClF3N2O3S. The Balaban J connectivity index is 1.60. The van der Waals surface area contributed by atoms with Gasteiger partial charge in [-0.15, -0.1) is 4.72 Å². The van der Waals surface area contributed by atoms with E-state index in [0.717, 1.165) is 12.1 Å². The highest BCUT2D eigenvalue weighted by Gasteiger charge is 2.59. The van der Waals surface area contributed by atoms with Crippen LogP contribution in [0, 0.1) is 23.0 Å². The van der Waals surface area contributed by atoms with Gasteiger partial charge in [0.1, 0.15) is 23.1 Å². The molecule has 1 aromatic rings. The zero-order chi connectivity index (χ0) is 23.3. The molecule has 5 atom stereocenters. The summed E-state index contributed by atoms with van der Waals surface area (Å²) in [4.78, 5) is 13.2. The van der Waals surface area contributed by atoms with Crippen LogP contribution in [-0.2, 0) is 16.2 Å². The number of hydrogen-bond donors (Lipinski definition) is 3. The van der Waals surface area contributed by atoms with Crippen molar-refractivity contribution in [3.8, 4) is 0 Å². The van der Waals surface area contributed by atoms with Crippen LogP contribution < -0.4 is 10.0 Å². The molecule has 0 radical (unpaired) electrons. The van der Waals surface area contributed by atoms with Crippen LogP contribution in [0.4, 0.5) is 13.2 Å². The number of rotatable bonds is 7. The maximum Gasteiger partial charge on any atom is 0.223 e. The van der Waals surface area contributed by atoms with Gasteiger partial charge in [0.25, 0.3) is 0 Å². The van der Waals surface area contributed by atoms with Crippen LogP contribution in [0.25, 0.3) is 0 Å². The summed E-state index contributed by atoms with van der Waals surface area (Å²) in [5.41, 5.74) is -2.51. The Labute approximate surface area is 193 Å². The Morgan fingerprint density at radius 1 is 1.31 bits per heavy atom. The van der Waals surface area contributed by atoms with Crippen molar-refractivity contribution in [2.45, 2.75) is 75.7 Å². The molecule has 0 aromatic heterocycles. The van der Waals surface area contributed by atoms with E-state index in [1.54, 1.807) is 6.92 Å². The highest BCUT2D eigenvalue weighted by molar-refractivity contribution is 7.89. The van der Waals surface area contributed by atoms with Gasteiger partial charge in [0.15, 0.2) is 0 Å². The lowest BCUT2D eigenvalue weighted by atomic mass is 9.74. The number of carbonyl (C=O) groups is 1. The molecule has 3 aliphatic carbocycles. The summed E-state index contributed by atoms with van der Waals surface area (Å²) in [6.45, 7) is 1.74. The maximum atomic E-state index is 15.0. The molecule has 0 heterocycles. The van der Waals surface area contributed by atoms with Crippen molar-refractivity contribution in [2.24, 2.45) is 11.3 Å². The number of nitrogens with one attached hydrogen (secondary N) is 2. The number of fused-ring (bicyclic) bond motifs is 2. The van der Waals surface area contributed by atoms with E-state index in [4.69, 9.17) is 11.6 Å². The molecule has 1 amide bonds. The molecule has 178 valence electrons. The molecule has 2 bridgehead atoms. The van der Waals surface area contributed by atoms with E-state index in [-0.39, 0.29) is 29.8 Å². The van der Waals surface area contributed by atoms with Crippen molar-refractivity contribution < 1.29 is 27.6 Å². The molecular weight excluding hydrogens is 465 g/mol. The average Bonchev–Trinajstić information content (AvgIpc) is 3.41. The quantitative estimate of drug-likeness (QED) is 0.398. The number of aliphatic hydroxyl groups is 1. The van der Waals surface area contributed by atoms with Gasteiger partial charge in [-0.2, -0.15) is 0 Å². The van der Waals surface area contributed by atoms with Crippen LogP contribution in [0.3, 0.4) is 0 Å². The van der Waals surface area contributed by atoms with Gasteiger partial charge in [-0.1, -0.05) is 11.6 Å². The Bertz CT molecular complexity index is 884. The van der Waals surface area contributed by atoms with Gasteiger partial charge >= 0.3 is 0 Å². The lowest BCUT2D eigenvalue weighted by Gasteiger charge is -2.37. The molecule has 32 heavy (non-hydrogen) atoms. The van der Waals surface area contributed by atoms with Crippen molar-refractivity contribution in [2.75, 3.05) is 5.75 Å². The van der Waals surface area contributed by atoms with Crippen molar-refractivity contribution in [3.63, 3.8) is 0 Å². The summed E-state index contributed by atoms with van der Waals surface area (Å²) in [5.74, 6) is -2.50. The Morgan fingerprint density at radius 2 is 2.00 bits per heavy atom. The molecule has 0 spiro atoms. The van der Waals surface area contributed by atoms with Gasteiger partial charge in [0, 0.05) is 22.8 Å². The number of hydrogen-bond acceptors (Lipinski definition) is 4. The van der Waals surface area contributed by atoms with Gasteiger partial charge in [-0.3, -0.25) is 4.79 Å². The molecule has 3 N–H and O–H groups in total. The third-order valence-electron chi connectivity index (χ3n) is 7.52. The molecule has 3 aliphatic rings. The highest BCUT2D eigenvalue weighted by atomic mass is 35.5. The van der Waals surface area contributed by atoms with E-state index >= 15 is 4.39 Å². The molecule has 3 saturated carbocycles. The van der Waals surface area contributed by atoms with E-state index in [9.17, 15) is 23.2 Å². The molecule has 4 rings (SSSR count). The minimum absolute atomic E-state index is 0.128. The average molecular weight is 493 g/mol. The van der Waals surface area contributed by atoms with Crippen LogP contribution in [0.5, 0.6) is 0 Å². The van der Waals surface area contributed by atoms with Gasteiger partial charge in [-0.25, -0.2) is 13.2 Å². The zero-order valence-electron chi connectivity index (χ0n) is 17.8. The van der Waals surface area contributed by atoms with Crippen LogP contribution >= 0.6 is 11.6 Å². The first kappa shape index (κ1) is 24.1. The van der Waals surface area contributed by atoms with Gasteiger partial charge in [0.05, 0.1) is 23.2 Å². The van der Waals surface area contributed by atoms with Crippen molar-refractivity contribution in [1.29, 1.82) is 0 Å². The Morgan fingerprint density at radius 3 is 2.59 bits per heavy atom.